The summed E-state index contributed by atoms with van der Waals surface area (Å²) in [4.78, 5) is 12.2. The Hall–Kier alpha value is -1.94. The highest BCUT2D eigenvalue weighted by Gasteiger charge is 2.08. The average molecular weight is 287 g/mol. The van der Waals surface area contributed by atoms with Gasteiger partial charge in [0.1, 0.15) is 5.78 Å². The Kier molecular flexibility index (Phi) is 4.35. The number of benzene rings is 2. The summed E-state index contributed by atoms with van der Waals surface area (Å²) in [5.74, 6) is 0.100. The molecule has 103 valence electrons. The zero-order chi connectivity index (χ0) is 14.6. The molecule has 1 radical (unpaired) electrons. The molecule has 0 saturated heterocycles. The van der Waals surface area contributed by atoms with Gasteiger partial charge in [0.25, 0.3) is 0 Å². The van der Waals surface area contributed by atoms with Crippen molar-refractivity contribution in [2.45, 2.75) is 17.7 Å². The van der Waals surface area contributed by atoms with Crippen LogP contribution in [0.2, 0.25) is 0 Å². The summed E-state index contributed by atoms with van der Waals surface area (Å²) in [7, 11) is -3.18. The molecule has 2 aromatic carbocycles. The maximum atomic E-state index is 11.9. The predicted molar refractivity (Wildman–Crippen MR) is 77.2 cm³/mol. The third-order valence-corrected chi connectivity index (χ3v) is 4.07. The SMILES string of the molecule is CS(=O)(=O)c1ccc(CC(=O)Cc2cc[c]cc2)cc1. The smallest absolute Gasteiger partial charge is 0.175 e. The third kappa shape index (κ3) is 4.03. The predicted octanol–water partition coefficient (Wildman–Crippen LogP) is 2.24. The van der Waals surface area contributed by atoms with Crippen LogP contribution in [-0.2, 0) is 27.5 Å². The first-order chi connectivity index (χ1) is 9.45. The molecule has 20 heavy (non-hydrogen) atoms. The van der Waals surface area contributed by atoms with Crippen molar-refractivity contribution in [1.29, 1.82) is 0 Å². The van der Waals surface area contributed by atoms with Gasteiger partial charge in [-0.05, 0) is 29.3 Å². The fourth-order valence-electron chi connectivity index (χ4n) is 1.91. The molecule has 0 aliphatic heterocycles. The summed E-state index contributed by atoms with van der Waals surface area (Å²) < 4.78 is 22.7. The van der Waals surface area contributed by atoms with Crippen LogP contribution >= 0.6 is 0 Å². The summed E-state index contributed by atoms with van der Waals surface area (Å²) in [6.45, 7) is 0. The number of sulfone groups is 1. The van der Waals surface area contributed by atoms with Crippen LogP contribution in [0, 0.1) is 6.07 Å². The number of rotatable bonds is 5. The highest BCUT2D eigenvalue weighted by atomic mass is 32.2. The van der Waals surface area contributed by atoms with Crippen LogP contribution in [0.4, 0.5) is 0 Å². The molecule has 0 saturated carbocycles. The number of hydrogen-bond acceptors (Lipinski definition) is 3. The van der Waals surface area contributed by atoms with E-state index in [4.69, 9.17) is 0 Å². The van der Waals surface area contributed by atoms with E-state index in [0.29, 0.717) is 12.8 Å². The first kappa shape index (κ1) is 14.5. The lowest BCUT2D eigenvalue weighted by molar-refractivity contribution is -0.117. The quantitative estimate of drug-likeness (QED) is 0.847. The second-order valence-corrected chi connectivity index (χ2v) is 6.73. The second kappa shape index (κ2) is 6.01. The maximum absolute atomic E-state index is 11.9. The van der Waals surface area contributed by atoms with E-state index in [1.165, 1.54) is 18.4 Å². The molecule has 0 aliphatic carbocycles. The van der Waals surface area contributed by atoms with Crippen LogP contribution in [0.1, 0.15) is 11.1 Å². The minimum atomic E-state index is -3.18. The van der Waals surface area contributed by atoms with E-state index < -0.39 is 9.84 Å². The van der Waals surface area contributed by atoms with Crippen molar-refractivity contribution in [2.24, 2.45) is 0 Å². The van der Waals surface area contributed by atoms with E-state index in [9.17, 15) is 13.2 Å². The van der Waals surface area contributed by atoms with Crippen molar-refractivity contribution in [3.05, 3.63) is 65.7 Å². The van der Waals surface area contributed by atoms with E-state index in [1.54, 1.807) is 24.3 Å². The highest BCUT2D eigenvalue weighted by molar-refractivity contribution is 7.90. The van der Waals surface area contributed by atoms with Crippen molar-refractivity contribution >= 4 is 15.6 Å². The van der Waals surface area contributed by atoms with Gasteiger partial charge in [-0.2, -0.15) is 0 Å². The molecule has 2 rings (SSSR count). The van der Waals surface area contributed by atoms with Gasteiger partial charge in [-0.25, -0.2) is 8.42 Å². The van der Waals surface area contributed by atoms with Gasteiger partial charge >= 0.3 is 0 Å². The van der Waals surface area contributed by atoms with Crippen LogP contribution in [0.5, 0.6) is 0 Å². The second-order valence-electron chi connectivity index (χ2n) is 4.72. The minimum Gasteiger partial charge on any atom is -0.299 e. The number of hydrogen-bond donors (Lipinski definition) is 0. The van der Waals surface area contributed by atoms with Crippen molar-refractivity contribution in [3.63, 3.8) is 0 Å². The van der Waals surface area contributed by atoms with Crippen LogP contribution in [0.3, 0.4) is 0 Å². The van der Waals surface area contributed by atoms with Gasteiger partial charge in [0.2, 0.25) is 0 Å². The van der Waals surface area contributed by atoms with Crippen molar-refractivity contribution in [1.82, 2.24) is 0 Å². The number of ketones is 1. The molecule has 0 heterocycles. The number of Topliss-reactive ketones (excluding diaryl/α,β-unsaturated/α-hetero) is 1. The Morgan fingerprint density at radius 2 is 1.45 bits per heavy atom. The Bertz CT molecular complexity index is 686. The molecule has 2 aromatic rings. The molecule has 0 aliphatic rings. The van der Waals surface area contributed by atoms with Gasteiger partial charge in [0, 0.05) is 19.1 Å². The van der Waals surface area contributed by atoms with E-state index in [-0.39, 0.29) is 10.7 Å². The maximum Gasteiger partial charge on any atom is 0.175 e. The largest absolute Gasteiger partial charge is 0.299 e. The number of carbonyl (C=O) groups is 1. The van der Waals surface area contributed by atoms with Crippen molar-refractivity contribution in [3.8, 4) is 0 Å². The molecular weight excluding hydrogens is 272 g/mol. The van der Waals surface area contributed by atoms with Crippen LogP contribution in [0.25, 0.3) is 0 Å². The average Bonchev–Trinajstić information content (AvgIpc) is 2.39. The highest BCUT2D eigenvalue weighted by Crippen LogP contribution is 2.12. The van der Waals surface area contributed by atoms with Gasteiger partial charge in [0.15, 0.2) is 9.84 Å². The van der Waals surface area contributed by atoms with Gasteiger partial charge in [-0.1, -0.05) is 36.4 Å². The molecule has 3 nitrogen and oxygen atoms in total. The zero-order valence-electron chi connectivity index (χ0n) is 11.2. The first-order valence-electron chi connectivity index (χ1n) is 6.21. The Morgan fingerprint density at radius 1 is 0.950 bits per heavy atom. The monoisotopic (exact) mass is 287 g/mol. The van der Waals surface area contributed by atoms with E-state index in [0.717, 1.165) is 11.1 Å². The number of carbonyl (C=O) groups excluding carboxylic acids is 1. The van der Waals surface area contributed by atoms with Crippen LogP contribution in [0.15, 0.2) is 53.4 Å². The lowest BCUT2D eigenvalue weighted by Crippen LogP contribution is -2.06. The van der Waals surface area contributed by atoms with Gasteiger partial charge < -0.3 is 0 Å². The van der Waals surface area contributed by atoms with Gasteiger partial charge in [-0.3, -0.25) is 4.79 Å². The molecule has 0 bridgehead atoms. The third-order valence-electron chi connectivity index (χ3n) is 2.94. The molecular formula is C16H15O3S. The Morgan fingerprint density at radius 3 is 1.95 bits per heavy atom. The minimum absolute atomic E-state index is 0.100. The standard InChI is InChI=1S/C16H15O3S/c1-20(18,19)16-9-7-14(8-10-16)12-15(17)11-13-5-3-2-4-6-13/h3-10H,11-12H2,1H3. The zero-order valence-corrected chi connectivity index (χ0v) is 12.0. The summed E-state index contributed by atoms with van der Waals surface area (Å²) in [6.07, 6.45) is 1.85. The molecule has 4 heteroatoms. The van der Waals surface area contributed by atoms with Crippen molar-refractivity contribution < 1.29 is 13.2 Å². The lowest BCUT2D eigenvalue weighted by atomic mass is 10.0. The van der Waals surface area contributed by atoms with Gasteiger partial charge in [0.05, 0.1) is 4.90 Å². The molecule has 0 unspecified atom stereocenters. The lowest BCUT2D eigenvalue weighted by Gasteiger charge is -2.03. The summed E-state index contributed by atoms with van der Waals surface area (Å²) >= 11 is 0. The Labute approximate surface area is 119 Å². The van der Waals surface area contributed by atoms with Gasteiger partial charge in [-0.15, -0.1) is 0 Å². The molecule has 0 spiro atoms. The van der Waals surface area contributed by atoms with Crippen molar-refractivity contribution in [2.75, 3.05) is 6.26 Å². The van der Waals surface area contributed by atoms with Crippen LogP contribution < -0.4 is 0 Å². The topological polar surface area (TPSA) is 51.2 Å². The van der Waals surface area contributed by atoms with E-state index >= 15 is 0 Å². The van der Waals surface area contributed by atoms with E-state index in [1.807, 2.05) is 12.1 Å². The normalized spacial score (nSPS) is 11.2. The fraction of sp³-hybridized carbons (Fsp3) is 0.188. The molecule has 0 N–H and O–H groups in total. The Balaban J connectivity index is 2.02. The summed E-state index contributed by atoms with van der Waals surface area (Å²) in [6, 6.07) is 16.7. The summed E-state index contributed by atoms with van der Waals surface area (Å²) in [5.41, 5.74) is 1.78. The fourth-order valence-corrected chi connectivity index (χ4v) is 2.54. The molecule has 0 atom stereocenters. The van der Waals surface area contributed by atoms with Crippen LogP contribution in [-0.4, -0.2) is 20.5 Å². The van der Waals surface area contributed by atoms with E-state index in [2.05, 4.69) is 6.07 Å². The first-order valence-corrected chi connectivity index (χ1v) is 8.10. The molecule has 0 amide bonds. The molecule has 0 aromatic heterocycles. The summed E-state index contributed by atoms with van der Waals surface area (Å²) in [5, 5.41) is 0. The molecule has 0 fully saturated rings.